The maximum Gasteiger partial charge on any atom is 0.244 e. The van der Waals surface area contributed by atoms with Crippen LogP contribution in [-0.4, -0.2) is 165 Å². The van der Waals surface area contributed by atoms with Crippen molar-refractivity contribution in [3.63, 3.8) is 0 Å². The van der Waals surface area contributed by atoms with Gasteiger partial charge in [-0.25, -0.2) is 0 Å². The number of likely N-dealkylation sites (tertiary alicyclic amines) is 1. The van der Waals surface area contributed by atoms with Crippen LogP contribution in [0.3, 0.4) is 0 Å². The highest BCUT2D eigenvalue weighted by atomic mass is 32.2. The van der Waals surface area contributed by atoms with Gasteiger partial charge in [-0.15, -0.1) is 0 Å². The Kier molecular flexibility index (Phi) is 10.4. The molecule has 6 aliphatic rings. The smallest absolute Gasteiger partial charge is 0.244 e. The van der Waals surface area contributed by atoms with Crippen molar-refractivity contribution >= 4 is 46.8 Å². The summed E-state index contributed by atoms with van der Waals surface area (Å²) in [5.41, 5.74) is -3.83. The SMILES string of the molecule is COc1cccc2c1C(=O)c1c(O)c3c(c(O)c1C2=O)C[C@@](O)(C(=O)CO)C[C@@H]3O[C@H]1C[C@H]2[C@H](O[C@@H]3[C@@H](OC)N(C(=O)CN4C(=O)CC(SC)C4=O)CCN32)[C@H](C)O1. The van der Waals surface area contributed by atoms with E-state index in [-0.39, 0.29) is 53.4 Å². The van der Waals surface area contributed by atoms with Gasteiger partial charge in [-0.3, -0.25) is 38.6 Å². The van der Waals surface area contributed by atoms with Gasteiger partial charge in [0.1, 0.15) is 42.1 Å². The molecule has 0 saturated carbocycles. The number of phenols is 2. The molecule has 4 heterocycles. The summed E-state index contributed by atoms with van der Waals surface area (Å²) in [6.07, 6.45) is -4.59. The number of imide groups is 1. The second-order valence-electron chi connectivity index (χ2n) is 15.3. The number of benzene rings is 2. The van der Waals surface area contributed by atoms with Gasteiger partial charge in [0.25, 0.3) is 0 Å². The van der Waals surface area contributed by atoms with Crippen LogP contribution in [0.2, 0.25) is 0 Å². The molecule has 0 bridgehead atoms. The largest absolute Gasteiger partial charge is 0.507 e. The molecular formula is C39H43N3O15S. The van der Waals surface area contributed by atoms with Crippen molar-refractivity contribution in [3.8, 4) is 17.2 Å². The van der Waals surface area contributed by atoms with Crippen LogP contribution >= 0.6 is 11.8 Å². The average molecular weight is 826 g/mol. The van der Waals surface area contributed by atoms with Gasteiger partial charge in [0.05, 0.1) is 41.3 Å². The molecule has 0 aromatic heterocycles. The summed E-state index contributed by atoms with van der Waals surface area (Å²) in [4.78, 5) is 84.2. The molecule has 18 nitrogen and oxygen atoms in total. The molecule has 3 amide bonds. The number of amides is 3. The zero-order valence-corrected chi connectivity index (χ0v) is 32.9. The van der Waals surface area contributed by atoms with Gasteiger partial charge in [0.2, 0.25) is 23.5 Å². The van der Waals surface area contributed by atoms with Crippen LogP contribution in [0.1, 0.15) is 75.3 Å². The fourth-order valence-corrected chi connectivity index (χ4v) is 10.0. The van der Waals surface area contributed by atoms with Crippen LogP contribution < -0.4 is 4.74 Å². The maximum atomic E-state index is 14.0. The number of aliphatic hydroxyl groups excluding tert-OH is 1. The summed E-state index contributed by atoms with van der Waals surface area (Å²) < 4.78 is 30.4. The number of nitrogens with zero attached hydrogens (tertiary/aromatic N) is 3. The van der Waals surface area contributed by atoms with Crippen LogP contribution in [0.25, 0.3) is 0 Å². The predicted molar refractivity (Wildman–Crippen MR) is 198 cm³/mol. The molecule has 4 fully saturated rings. The Bertz CT molecular complexity index is 2130. The molecule has 4 N–H and O–H groups in total. The summed E-state index contributed by atoms with van der Waals surface area (Å²) in [6, 6.07) is 3.98. The molecule has 19 heteroatoms. The monoisotopic (exact) mass is 825 g/mol. The zero-order valence-electron chi connectivity index (χ0n) is 32.0. The molecule has 4 saturated heterocycles. The molecule has 58 heavy (non-hydrogen) atoms. The number of rotatable bonds is 9. The van der Waals surface area contributed by atoms with Crippen LogP contribution in [0.15, 0.2) is 18.2 Å². The molecule has 8 rings (SSSR count). The van der Waals surface area contributed by atoms with Gasteiger partial charge in [0.15, 0.2) is 30.3 Å². The van der Waals surface area contributed by atoms with Crippen molar-refractivity contribution in [2.45, 2.75) is 86.6 Å². The fraction of sp³-hybridized carbons (Fsp3) is 0.538. The van der Waals surface area contributed by atoms with Crippen LogP contribution in [0.4, 0.5) is 0 Å². The zero-order chi connectivity index (χ0) is 41.5. The van der Waals surface area contributed by atoms with E-state index in [0.29, 0.717) is 6.54 Å². The first-order valence-electron chi connectivity index (χ1n) is 18.8. The van der Waals surface area contributed by atoms with Crippen molar-refractivity contribution in [1.82, 2.24) is 14.7 Å². The first kappa shape index (κ1) is 40.3. The Morgan fingerprint density at radius 2 is 1.76 bits per heavy atom. The first-order valence-corrected chi connectivity index (χ1v) is 20.1. The van der Waals surface area contributed by atoms with Crippen molar-refractivity contribution in [1.29, 1.82) is 0 Å². The van der Waals surface area contributed by atoms with E-state index < -0.39 is 132 Å². The number of phenolic OH excluding ortho intramolecular Hbond substituents is 2. The lowest BCUT2D eigenvalue weighted by atomic mass is 9.72. The number of ketones is 3. The number of aromatic hydroxyl groups is 2. The average Bonchev–Trinajstić information content (AvgIpc) is 3.72. The van der Waals surface area contributed by atoms with E-state index in [2.05, 4.69) is 0 Å². The van der Waals surface area contributed by atoms with Crippen molar-refractivity contribution in [2.75, 3.05) is 46.7 Å². The normalized spacial score (nSPS) is 31.8. The highest BCUT2D eigenvalue weighted by Gasteiger charge is 2.57. The number of fused-ring (bicyclic) bond motifs is 6. The topological polar surface area (TPSA) is 239 Å². The van der Waals surface area contributed by atoms with E-state index in [9.17, 15) is 49.2 Å². The Labute approximate surface area is 335 Å². The fourth-order valence-electron chi connectivity index (χ4n) is 9.40. The van der Waals surface area contributed by atoms with E-state index in [1.807, 2.05) is 4.90 Å². The minimum Gasteiger partial charge on any atom is -0.507 e. The summed E-state index contributed by atoms with van der Waals surface area (Å²) in [5.74, 6) is -5.22. The van der Waals surface area contributed by atoms with E-state index in [4.69, 9.17) is 23.7 Å². The number of carbonyl (C=O) groups excluding carboxylic acids is 6. The number of piperazine rings is 1. The minimum atomic E-state index is -2.31. The van der Waals surface area contributed by atoms with Gasteiger partial charge < -0.3 is 49.0 Å². The summed E-state index contributed by atoms with van der Waals surface area (Å²) in [6.45, 7) is 0.749. The maximum absolute atomic E-state index is 14.0. The summed E-state index contributed by atoms with van der Waals surface area (Å²) in [5, 5.41) is 44.6. The number of hydrogen-bond donors (Lipinski definition) is 4. The minimum absolute atomic E-state index is 0.0268. The number of thioether (sulfide) groups is 1. The van der Waals surface area contributed by atoms with E-state index in [0.717, 1.165) is 4.90 Å². The Morgan fingerprint density at radius 1 is 1.02 bits per heavy atom. The molecule has 2 aliphatic carbocycles. The Hall–Kier alpha value is -4.47. The first-order chi connectivity index (χ1) is 27.7. The van der Waals surface area contributed by atoms with Gasteiger partial charge >= 0.3 is 0 Å². The number of methoxy groups -OCH3 is 2. The molecular weight excluding hydrogens is 783 g/mol. The third kappa shape index (κ3) is 6.13. The van der Waals surface area contributed by atoms with Gasteiger partial charge in [0, 0.05) is 68.6 Å². The molecule has 4 aliphatic heterocycles. The number of ether oxygens (including phenoxy) is 5. The van der Waals surface area contributed by atoms with Gasteiger partial charge in [-0.1, -0.05) is 12.1 Å². The van der Waals surface area contributed by atoms with Crippen molar-refractivity contribution < 1.29 is 72.9 Å². The van der Waals surface area contributed by atoms with E-state index in [1.165, 1.54) is 49.1 Å². The van der Waals surface area contributed by atoms with Gasteiger partial charge in [-0.05, 0) is 19.2 Å². The molecule has 2 aromatic carbocycles. The molecule has 0 spiro atoms. The second kappa shape index (κ2) is 15.0. The third-order valence-corrected chi connectivity index (χ3v) is 13.2. The number of Topliss-reactive ketones (excluding diaryl/α,β-unsaturated/α-hetero) is 1. The van der Waals surface area contributed by atoms with E-state index >= 15 is 0 Å². The lowest BCUT2D eigenvalue weighted by molar-refractivity contribution is -0.248. The lowest BCUT2D eigenvalue weighted by Crippen LogP contribution is -2.63. The van der Waals surface area contributed by atoms with Gasteiger partial charge in [-0.2, -0.15) is 11.8 Å². The third-order valence-electron chi connectivity index (χ3n) is 12.2. The molecule has 310 valence electrons. The second-order valence-corrected chi connectivity index (χ2v) is 16.3. The Balaban J connectivity index is 1.08. The highest BCUT2D eigenvalue weighted by molar-refractivity contribution is 8.00. The standard InChI is InChI=1S/C39H43N3O15S/c1-16-35-19(40-8-9-41(37(54-3)38(40)57-35)25(46)14-42-24(45)11-22(58-4)36(42)51)10-26(55-16)56-21-13-39(52,23(44)15-43)12-18-28(21)34(50)30-29(32(18)48)31(47)17-6-5-7-20(53-2)27(17)33(30)49/h5-7,16,19,21-22,26,35,37-38,43,48,50,52H,8-15H2,1-4H3/t16-,19-,21-,22?,26-,35+,37+,38+,39-/m0/s1. The Morgan fingerprint density at radius 3 is 2.43 bits per heavy atom. The van der Waals surface area contributed by atoms with Crippen molar-refractivity contribution in [3.05, 3.63) is 51.6 Å². The predicted octanol–water partition coefficient (Wildman–Crippen LogP) is 0.0138. The highest BCUT2D eigenvalue weighted by Crippen LogP contribution is 2.53. The van der Waals surface area contributed by atoms with Crippen LogP contribution in [0.5, 0.6) is 17.2 Å². The molecule has 2 aromatic rings. The summed E-state index contributed by atoms with van der Waals surface area (Å²) >= 11 is 1.25. The number of hydrogen-bond acceptors (Lipinski definition) is 17. The molecule has 9 atom stereocenters. The van der Waals surface area contributed by atoms with E-state index in [1.54, 1.807) is 13.2 Å². The van der Waals surface area contributed by atoms with Crippen LogP contribution in [-0.2, 0) is 44.5 Å². The lowest BCUT2D eigenvalue weighted by Gasteiger charge is -2.45. The van der Waals surface area contributed by atoms with Crippen molar-refractivity contribution in [2.24, 2.45) is 0 Å². The quantitative estimate of drug-likeness (QED) is 0.164. The van der Waals surface area contributed by atoms with Crippen LogP contribution in [0, 0.1) is 0 Å². The summed E-state index contributed by atoms with van der Waals surface area (Å²) in [7, 11) is 2.74. The number of carbonyl (C=O) groups is 6. The number of aliphatic hydroxyl groups is 2. The molecule has 0 radical (unpaired) electrons. The molecule has 1 unspecified atom stereocenters.